The molecule has 0 aromatic rings. The molecule has 0 aliphatic carbocycles. The molecular weight excluding hydrogens is 173 g/mol. The molecule has 0 saturated heterocycles. The van der Waals surface area contributed by atoms with Crippen LogP contribution in [0.5, 0.6) is 0 Å². The molecule has 0 heterocycles. The molecule has 0 bridgehead atoms. The number of hydrogen-bond acceptors (Lipinski definition) is 0. The van der Waals surface area contributed by atoms with Gasteiger partial charge in [-0.3, -0.25) is 0 Å². The van der Waals surface area contributed by atoms with Crippen LogP contribution in [0, 0.1) is 0 Å². The molecule has 0 saturated carbocycles. The van der Waals surface area contributed by atoms with Crippen molar-refractivity contribution < 1.29 is 21.7 Å². The van der Waals surface area contributed by atoms with E-state index in [1.807, 2.05) is 0 Å². The molecular formula is H2AlBSrTi. The van der Waals surface area contributed by atoms with Gasteiger partial charge in [0.05, 0.1) is 0 Å². The second kappa shape index (κ2) is 17.1. The SMILES string of the molecule is [Al].[B].[SrH2].[Ti]. The van der Waals surface area contributed by atoms with Crippen molar-refractivity contribution in [3.05, 3.63) is 0 Å². The molecule has 6 radical (unpaired) electrons. The first kappa shape index (κ1) is 29.2. The second-order valence-corrected chi connectivity index (χ2v) is 0. The van der Waals surface area contributed by atoms with Crippen molar-refractivity contribution in [2.75, 3.05) is 0 Å². The van der Waals surface area contributed by atoms with Gasteiger partial charge in [-0.25, -0.2) is 0 Å². The van der Waals surface area contributed by atoms with Crippen molar-refractivity contribution in [1.29, 1.82) is 0 Å². The fourth-order valence-corrected chi connectivity index (χ4v) is 0. The van der Waals surface area contributed by atoms with E-state index in [0.29, 0.717) is 0 Å². The maximum Gasteiger partial charge on any atom is 0 e. The summed E-state index contributed by atoms with van der Waals surface area (Å²) in [6, 6.07) is 0. The van der Waals surface area contributed by atoms with Gasteiger partial charge in [-0.2, -0.15) is 0 Å². The molecule has 0 rings (SSSR count). The monoisotopic (exact) mass is 176 g/mol. The first-order chi connectivity index (χ1) is 0. The molecule has 0 aromatic heterocycles. The minimum absolute atomic E-state index is 0. The molecule has 0 aliphatic heterocycles. The second-order valence-electron chi connectivity index (χ2n) is 0. The van der Waals surface area contributed by atoms with Gasteiger partial charge in [0.25, 0.3) is 0 Å². The summed E-state index contributed by atoms with van der Waals surface area (Å²) in [5.74, 6) is 0. The fourth-order valence-electron chi connectivity index (χ4n) is 0. The van der Waals surface area contributed by atoms with Gasteiger partial charge in [0.15, 0.2) is 0 Å². The third-order valence-corrected chi connectivity index (χ3v) is 0. The molecule has 0 nitrogen and oxygen atoms in total. The van der Waals surface area contributed by atoms with Crippen LogP contribution in [0.2, 0.25) is 0 Å². The van der Waals surface area contributed by atoms with Gasteiger partial charge in [0.2, 0.25) is 0 Å². The topological polar surface area (TPSA) is 0 Å². The van der Waals surface area contributed by atoms with Crippen LogP contribution in [-0.4, -0.2) is 71.3 Å². The maximum atomic E-state index is 0. The zero-order chi connectivity index (χ0) is 0. The summed E-state index contributed by atoms with van der Waals surface area (Å²) in [6.45, 7) is 0. The summed E-state index contributed by atoms with van der Waals surface area (Å²) < 4.78 is 0. The Morgan fingerprint density at radius 3 is 1.00 bits per heavy atom. The Hall–Kier alpha value is 2.79. The predicted molar refractivity (Wildman–Crippen MR) is 20.1 cm³/mol. The molecule has 0 amide bonds. The Balaban J connectivity index is 0. The van der Waals surface area contributed by atoms with Gasteiger partial charge in [0.1, 0.15) is 0 Å². The summed E-state index contributed by atoms with van der Waals surface area (Å²) in [4.78, 5) is 0. The van der Waals surface area contributed by atoms with E-state index in [9.17, 15) is 0 Å². The van der Waals surface area contributed by atoms with Crippen LogP contribution in [0.1, 0.15) is 0 Å². The van der Waals surface area contributed by atoms with Crippen molar-refractivity contribution >= 4 is 71.3 Å². The van der Waals surface area contributed by atoms with E-state index in [1.165, 1.54) is 0 Å². The van der Waals surface area contributed by atoms with Gasteiger partial charge in [-0.05, 0) is 0 Å². The van der Waals surface area contributed by atoms with Crippen molar-refractivity contribution in [1.82, 2.24) is 0 Å². The number of hydrogen-bond donors (Lipinski definition) is 0. The Morgan fingerprint density at radius 1 is 1.00 bits per heavy atom. The zero-order valence-electron chi connectivity index (χ0n) is 1.65. The van der Waals surface area contributed by atoms with Crippen molar-refractivity contribution in [3.8, 4) is 0 Å². The average molecular weight is 175 g/mol. The van der Waals surface area contributed by atoms with E-state index >= 15 is 0 Å². The molecule has 4 heavy (non-hydrogen) atoms. The molecule has 14 valence electrons. The van der Waals surface area contributed by atoms with Crippen molar-refractivity contribution in [2.24, 2.45) is 0 Å². The first-order valence-corrected chi connectivity index (χ1v) is 0. The summed E-state index contributed by atoms with van der Waals surface area (Å²) in [5.41, 5.74) is 0. The van der Waals surface area contributed by atoms with Gasteiger partial charge in [-0.1, -0.05) is 0 Å². The molecule has 0 N–H and O–H groups in total. The predicted octanol–water partition coefficient (Wildman–Crippen LogP) is -1.68. The Morgan fingerprint density at radius 2 is 1.00 bits per heavy atom. The number of rotatable bonds is 0. The summed E-state index contributed by atoms with van der Waals surface area (Å²) in [6.07, 6.45) is 0. The quantitative estimate of drug-likeness (QED) is 0.386. The van der Waals surface area contributed by atoms with E-state index in [4.69, 9.17) is 0 Å². The first-order valence-electron chi connectivity index (χ1n) is 0. The third kappa shape index (κ3) is 8.84. The Bertz CT molecular complexity index is 8.00. The van der Waals surface area contributed by atoms with Crippen LogP contribution >= 0.6 is 0 Å². The minimum Gasteiger partial charge on any atom is 0 e. The van der Waals surface area contributed by atoms with Crippen LogP contribution in [0.4, 0.5) is 0 Å². The van der Waals surface area contributed by atoms with Crippen molar-refractivity contribution in [3.63, 3.8) is 0 Å². The van der Waals surface area contributed by atoms with Gasteiger partial charge >= 0.3 is 45.5 Å². The Labute approximate surface area is 91.0 Å². The van der Waals surface area contributed by atoms with E-state index in [1.54, 1.807) is 0 Å². The molecule has 0 fully saturated rings. The van der Waals surface area contributed by atoms with E-state index in [0.717, 1.165) is 0 Å². The van der Waals surface area contributed by atoms with E-state index < -0.39 is 0 Å². The summed E-state index contributed by atoms with van der Waals surface area (Å²) in [7, 11) is 0. The van der Waals surface area contributed by atoms with Gasteiger partial charge in [0, 0.05) is 47.5 Å². The van der Waals surface area contributed by atoms with Crippen LogP contribution < -0.4 is 0 Å². The van der Waals surface area contributed by atoms with Crippen LogP contribution in [0.15, 0.2) is 0 Å². The fraction of sp³-hybridized carbons (Fsp3) is 0. The van der Waals surface area contributed by atoms with Crippen LogP contribution in [0.3, 0.4) is 0 Å². The molecule has 4 heteroatoms. The van der Waals surface area contributed by atoms with E-state index in [-0.39, 0.29) is 93.0 Å². The Kier molecular flexibility index (Phi) is 125. The van der Waals surface area contributed by atoms with Gasteiger partial charge in [-0.15, -0.1) is 0 Å². The summed E-state index contributed by atoms with van der Waals surface area (Å²) >= 11 is 0. The van der Waals surface area contributed by atoms with Gasteiger partial charge < -0.3 is 0 Å². The maximum absolute atomic E-state index is 0. The molecule has 0 spiro atoms. The molecule has 0 unspecified atom stereocenters. The largest absolute Gasteiger partial charge is 0 e. The minimum atomic E-state index is 0. The van der Waals surface area contributed by atoms with Crippen LogP contribution in [0.25, 0.3) is 0 Å². The standard InChI is InChI=1S/Al.B.Sr.Ti.2H. The molecule has 0 aliphatic rings. The molecule has 0 atom stereocenters. The van der Waals surface area contributed by atoms with Crippen LogP contribution in [-0.2, 0) is 21.7 Å². The normalized spacial score (nSPS) is 0. The third-order valence-electron chi connectivity index (χ3n) is 0. The van der Waals surface area contributed by atoms with E-state index in [2.05, 4.69) is 0 Å². The summed E-state index contributed by atoms with van der Waals surface area (Å²) in [5, 5.41) is 0. The smallest absolute Gasteiger partial charge is 0 e. The molecule has 0 aromatic carbocycles. The zero-order valence-corrected chi connectivity index (χ0v) is 4.37. The van der Waals surface area contributed by atoms with Crippen molar-refractivity contribution in [2.45, 2.75) is 0 Å². The average Bonchev–Trinajstić information content (AvgIpc) is 0.